The Bertz CT molecular complexity index is 696. The molecule has 1 aromatic carbocycles. The van der Waals surface area contributed by atoms with Crippen LogP contribution in [0.15, 0.2) is 12.1 Å². The first kappa shape index (κ1) is 14.8. The number of nitrogens with one attached hydrogen (secondary N) is 1. The lowest BCUT2D eigenvalue weighted by Gasteiger charge is -2.13. The van der Waals surface area contributed by atoms with Crippen molar-refractivity contribution in [2.75, 3.05) is 7.11 Å². The van der Waals surface area contributed by atoms with Gasteiger partial charge in [0.15, 0.2) is 17.3 Å². The monoisotopic (exact) mass is 304 g/mol. The van der Waals surface area contributed by atoms with Crippen LogP contribution in [0.1, 0.15) is 16.1 Å². The van der Waals surface area contributed by atoms with Gasteiger partial charge in [0.1, 0.15) is 5.69 Å². The first-order chi connectivity index (χ1) is 9.77. The molecular formula is C11H8F4N4O2. The van der Waals surface area contributed by atoms with Gasteiger partial charge >= 0.3 is 6.18 Å². The molecule has 21 heavy (non-hydrogen) atoms. The second kappa shape index (κ2) is 5.04. The number of ether oxygens (including phenoxy) is 1. The molecule has 1 aromatic heterocycles. The number of halogens is 4. The second-order valence-electron chi connectivity index (χ2n) is 3.89. The maximum atomic E-state index is 13.9. The summed E-state index contributed by atoms with van der Waals surface area (Å²) < 4.78 is 56.5. The predicted octanol–water partition coefficient (Wildman–Crippen LogP) is 1.74. The standard InChI is InChI=1S/C11H8F4N4O2/c1-21-9-4(7-8(10(16)20)18-19-17-7)2-3-5(6(9)12)11(13,14)15/h2-3H,1H3,(H2,16,20)(H,17,18,19). The van der Waals surface area contributed by atoms with Gasteiger partial charge in [0.25, 0.3) is 5.91 Å². The van der Waals surface area contributed by atoms with E-state index < -0.39 is 29.2 Å². The first-order valence-electron chi connectivity index (χ1n) is 5.42. The number of H-pyrrole nitrogens is 1. The van der Waals surface area contributed by atoms with Gasteiger partial charge in [-0.2, -0.15) is 28.6 Å². The summed E-state index contributed by atoms with van der Waals surface area (Å²) in [6.45, 7) is 0. The maximum absolute atomic E-state index is 13.9. The van der Waals surface area contributed by atoms with Crippen LogP contribution in [0.2, 0.25) is 0 Å². The van der Waals surface area contributed by atoms with Crippen molar-refractivity contribution in [2.45, 2.75) is 6.18 Å². The Hall–Kier alpha value is -2.65. The van der Waals surface area contributed by atoms with Crippen molar-refractivity contribution in [1.82, 2.24) is 15.4 Å². The van der Waals surface area contributed by atoms with Crippen LogP contribution >= 0.6 is 0 Å². The average molecular weight is 304 g/mol. The largest absolute Gasteiger partial charge is 0.493 e. The molecule has 0 saturated carbocycles. The van der Waals surface area contributed by atoms with Crippen LogP contribution in [-0.2, 0) is 6.18 Å². The van der Waals surface area contributed by atoms with Gasteiger partial charge in [-0.1, -0.05) is 0 Å². The zero-order valence-electron chi connectivity index (χ0n) is 10.5. The number of aromatic amines is 1. The molecule has 0 spiro atoms. The summed E-state index contributed by atoms with van der Waals surface area (Å²) in [5.74, 6) is -3.29. The molecule has 3 N–H and O–H groups in total. The fraction of sp³-hybridized carbons (Fsp3) is 0.182. The highest BCUT2D eigenvalue weighted by atomic mass is 19.4. The number of nitrogens with zero attached hydrogens (tertiary/aromatic N) is 2. The molecule has 0 aliphatic carbocycles. The number of hydrogen-bond acceptors (Lipinski definition) is 4. The summed E-state index contributed by atoms with van der Waals surface area (Å²) >= 11 is 0. The van der Waals surface area contributed by atoms with Gasteiger partial charge in [0, 0.05) is 5.56 Å². The van der Waals surface area contributed by atoms with E-state index >= 15 is 0 Å². The molecule has 0 radical (unpaired) electrons. The number of nitrogens with two attached hydrogens (primary N) is 1. The van der Waals surface area contributed by atoms with E-state index in [2.05, 4.69) is 20.1 Å². The third-order valence-corrected chi connectivity index (χ3v) is 2.64. The minimum Gasteiger partial charge on any atom is -0.493 e. The Morgan fingerprint density at radius 3 is 2.52 bits per heavy atom. The molecule has 0 bridgehead atoms. The molecule has 1 amide bonds. The number of benzene rings is 1. The topological polar surface area (TPSA) is 93.9 Å². The number of carbonyl (C=O) groups is 1. The minimum absolute atomic E-state index is 0.175. The van der Waals surface area contributed by atoms with Crippen LogP contribution in [0, 0.1) is 5.82 Å². The highest BCUT2D eigenvalue weighted by molar-refractivity contribution is 5.97. The Morgan fingerprint density at radius 1 is 1.33 bits per heavy atom. The normalized spacial score (nSPS) is 11.5. The van der Waals surface area contributed by atoms with E-state index in [0.717, 1.165) is 13.2 Å². The number of rotatable bonds is 3. The summed E-state index contributed by atoms with van der Waals surface area (Å²) in [6, 6.07) is 1.45. The van der Waals surface area contributed by atoms with Crippen LogP contribution in [-0.4, -0.2) is 28.4 Å². The third-order valence-electron chi connectivity index (χ3n) is 2.64. The fourth-order valence-corrected chi connectivity index (χ4v) is 1.75. The van der Waals surface area contributed by atoms with E-state index in [0.29, 0.717) is 6.07 Å². The number of amides is 1. The van der Waals surface area contributed by atoms with Gasteiger partial charge in [-0.3, -0.25) is 4.79 Å². The number of alkyl halides is 3. The lowest BCUT2D eigenvalue weighted by Crippen LogP contribution is -2.13. The molecular weight excluding hydrogens is 296 g/mol. The van der Waals surface area contributed by atoms with Crippen LogP contribution in [0.3, 0.4) is 0 Å². The number of carbonyl (C=O) groups excluding carboxylic acids is 1. The first-order valence-corrected chi connectivity index (χ1v) is 5.42. The van der Waals surface area contributed by atoms with Crippen molar-refractivity contribution < 1.29 is 27.1 Å². The van der Waals surface area contributed by atoms with Crippen molar-refractivity contribution in [3.63, 3.8) is 0 Å². The fourth-order valence-electron chi connectivity index (χ4n) is 1.75. The number of methoxy groups -OCH3 is 1. The van der Waals surface area contributed by atoms with E-state index in [1.165, 1.54) is 0 Å². The predicted molar refractivity (Wildman–Crippen MR) is 61.8 cm³/mol. The number of aromatic nitrogens is 3. The number of primary amides is 1. The summed E-state index contributed by atoms with van der Waals surface area (Å²) in [7, 11) is 0.992. The van der Waals surface area contributed by atoms with Crippen molar-refractivity contribution in [3.05, 3.63) is 29.2 Å². The molecule has 0 aliphatic rings. The van der Waals surface area contributed by atoms with Crippen LogP contribution in [0.5, 0.6) is 5.75 Å². The van der Waals surface area contributed by atoms with E-state index in [1.54, 1.807) is 0 Å². The van der Waals surface area contributed by atoms with Crippen LogP contribution in [0.25, 0.3) is 11.3 Å². The lowest BCUT2D eigenvalue weighted by molar-refractivity contribution is -0.140. The summed E-state index contributed by atoms with van der Waals surface area (Å²) in [5, 5.41) is 9.13. The number of hydrogen-bond donors (Lipinski definition) is 2. The second-order valence-corrected chi connectivity index (χ2v) is 3.89. The molecule has 0 aliphatic heterocycles. The quantitative estimate of drug-likeness (QED) is 0.844. The van der Waals surface area contributed by atoms with E-state index in [4.69, 9.17) is 5.73 Å². The molecule has 10 heteroatoms. The smallest absolute Gasteiger partial charge is 0.419 e. The Labute approximate surface area is 114 Å². The van der Waals surface area contributed by atoms with Crippen LogP contribution < -0.4 is 10.5 Å². The highest BCUT2D eigenvalue weighted by Crippen LogP contribution is 2.40. The average Bonchev–Trinajstić information content (AvgIpc) is 2.85. The molecule has 0 fully saturated rings. The van der Waals surface area contributed by atoms with E-state index in [-0.39, 0.29) is 17.0 Å². The van der Waals surface area contributed by atoms with Crippen molar-refractivity contribution in [3.8, 4) is 17.0 Å². The Kier molecular flexibility index (Phi) is 3.54. The molecule has 0 atom stereocenters. The van der Waals surface area contributed by atoms with Gasteiger partial charge in [-0.15, -0.1) is 0 Å². The summed E-state index contributed by atoms with van der Waals surface area (Å²) in [5.41, 5.74) is 2.84. The third kappa shape index (κ3) is 2.51. The van der Waals surface area contributed by atoms with Crippen molar-refractivity contribution >= 4 is 5.91 Å². The van der Waals surface area contributed by atoms with Gasteiger partial charge in [-0.25, -0.2) is 4.39 Å². The van der Waals surface area contributed by atoms with Gasteiger partial charge < -0.3 is 10.5 Å². The molecule has 0 saturated heterocycles. The van der Waals surface area contributed by atoms with Gasteiger partial charge in [-0.05, 0) is 12.1 Å². The van der Waals surface area contributed by atoms with Crippen molar-refractivity contribution in [2.24, 2.45) is 5.73 Å². The van der Waals surface area contributed by atoms with Gasteiger partial charge in [0.05, 0.1) is 12.7 Å². The Balaban J connectivity index is 2.69. The highest BCUT2D eigenvalue weighted by Gasteiger charge is 2.36. The molecule has 6 nitrogen and oxygen atoms in total. The van der Waals surface area contributed by atoms with Crippen molar-refractivity contribution in [1.29, 1.82) is 0 Å². The van der Waals surface area contributed by atoms with Crippen LogP contribution in [0.4, 0.5) is 17.6 Å². The van der Waals surface area contributed by atoms with E-state index in [1.807, 2.05) is 0 Å². The molecule has 2 aromatic rings. The lowest BCUT2D eigenvalue weighted by atomic mass is 10.0. The minimum atomic E-state index is -4.88. The van der Waals surface area contributed by atoms with E-state index in [9.17, 15) is 22.4 Å². The molecule has 0 unspecified atom stereocenters. The summed E-state index contributed by atoms with van der Waals surface area (Å²) in [6.07, 6.45) is -4.88. The molecule has 1 heterocycles. The zero-order valence-corrected chi connectivity index (χ0v) is 10.5. The zero-order chi connectivity index (χ0) is 15.8. The SMILES string of the molecule is COc1c(-c2n[nH]nc2C(N)=O)ccc(C(F)(F)F)c1F. The maximum Gasteiger partial charge on any atom is 0.419 e. The Morgan fingerprint density at radius 2 is 2.00 bits per heavy atom. The molecule has 112 valence electrons. The molecule has 2 rings (SSSR count). The summed E-state index contributed by atoms with van der Waals surface area (Å²) in [4.78, 5) is 11.2. The van der Waals surface area contributed by atoms with Gasteiger partial charge in [0.2, 0.25) is 0 Å².